The molecule has 5 rings (SSSR count). The normalized spacial score (nSPS) is 12.2. The molecule has 5 N–H and O–H groups in total. The fourth-order valence-electron chi connectivity index (χ4n) is 6.36. The number of carbonyl (C=O) groups excluding carboxylic acids is 1. The van der Waals surface area contributed by atoms with Crippen molar-refractivity contribution < 1.29 is 19.4 Å². The molecule has 0 amide bonds. The van der Waals surface area contributed by atoms with Crippen LogP contribution in [0.25, 0.3) is 24.3 Å². The smallest absolute Gasteiger partial charge is 0.303 e. The van der Waals surface area contributed by atoms with Crippen LogP contribution in [0.1, 0.15) is 87.6 Å². The summed E-state index contributed by atoms with van der Waals surface area (Å²) in [7, 11) is 0. The third-order valence-corrected chi connectivity index (χ3v) is 8.79. The van der Waals surface area contributed by atoms with Gasteiger partial charge >= 0.3 is 5.97 Å². The molecular weight excluding hydrogens is 528 g/mol. The van der Waals surface area contributed by atoms with Gasteiger partial charge in [0.2, 0.25) is 0 Å². The van der Waals surface area contributed by atoms with E-state index in [4.69, 9.17) is 4.74 Å². The average Bonchev–Trinajstić information content (AvgIpc) is 3.61. The number of rotatable bonds is 9. The van der Waals surface area contributed by atoms with Crippen LogP contribution in [-0.4, -0.2) is 44.1 Å². The molecule has 0 aromatic carbocycles. The van der Waals surface area contributed by atoms with E-state index in [0.717, 1.165) is 79.3 Å². The molecule has 220 valence electrons. The molecule has 5 heterocycles. The molecule has 42 heavy (non-hydrogen) atoms. The summed E-state index contributed by atoms with van der Waals surface area (Å²) in [5, 5.41) is 13.5. The molecule has 0 aliphatic carbocycles. The number of hydrogen-bond acceptors (Lipinski definition) is 3. The van der Waals surface area contributed by atoms with Gasteiger partial charge in [-0.1, -0.05) is 13.8 Å². The van der Waals surface area contributed by atoms with Gasteiger partial charge in [-0.3, -0.25) is 9.59 Å². The average molecular weight is 569 g/mol. The lowest BCUT2D eigenvalue weighted by Crippen LogP contribution is -2.14. The van der Waals surface area contributed by atoms with Crippen LogP contribution in [0.4, 0.5) is 0 Å². The van der Waals surface area contributed by atoms with Gasteiger partial charge in [-0.25, -0.2) is 0 Å². The van der Waals surface area contributed by atoms with Crippen molar-refractivity contribution in [1.82, 2.24) is 19.9 Å². The Kier molecular flexibility index (Phi) is 8.16. The summed E-state index contributed by atoms with van der Waals surface area (Å²) < 4.78 is 5.08. The second kappa shape index (κ2) is 11.8. The number of fused-ring (bicyclic) bond motifs is 8. The SMILES string of the molecule is CCc1c2[nH]c(c1C)C=c1[nH]c(c(C)c1CC)=Cc1[nH]c(c(CCOC=O)c1C)C=c1[nH]c(c(C)c1CCC(=O)O)=C2. The van der Waals surface area contributed by atoms with E-state index in [1.54, 1.807) is 0 Å². The fraction of sp³-hybridized carbons (Fsp3) is 0.353. The van der Waals surface area contributed by atoms with E-state index in [-0.39, 0.29) is 13.0 Å². The maximum Gasteiger partial charge on any atom is 0.303 e. The van der Waals surface area contributed by atoms with Crippen molar-refractivity contribution in [2.45, 2.75) is 73.6 Å². The number of aliphatic carboxylic acids is 1. The van der Waals surface area contributed by atoms with E-state index in [2.05, 4.69) is 78.9 Å². The number of carbonyl (C=O) groups is 2. The zero-order valence-corrected chi connectivity index (χ0v) is 25.3. The number of aromatic amines is 4. The highest BCUT2D eigenvalue weighted by molar-refractivity contribution is 5.68. The number of H-pyrrole nitrogens is 4. The Balaban J connectivity index is 1.89. The van der Waals surface area contributed by atoms with Gasteiger partial charge in [0.1, 0.15) is 0 Å². The molecule has 0 spiro atoms. The summed E-state index contributed by atoms with van der Waals surface area (Å²) in [5.41, 5.74) is 13.1. The summed E-state index contributed by atoms with van der Waals surface area (Å²) in [6, 6.07) is 0. The van der Waals surface area contributed by atoms with Gasteiger partial charge in [0.05, 0.1) is 6.61 Å². The highest BCUT2D eigenvalue weighted by Gasteiger charge is 2.17. The molecule has 0 atom stereocenters. The highest BCUT2D eigenvalue weighted by Crippen LogP contribution is 2.23. The molecule has 0 saturated carbocycles. The maximum absolute atomic E-state index is 11.6. The van der Waals surface area contributed by atoms with E-state index in [9.17, 15) is 14.7 Å². The van der Waals surface area contributed by atoms with Crippen molar-refractivity contribution >= 4 is 36.7 Å². The summed E-state index contributed by atoms with van der Waals surface area (Å²) >= 11 is 0. The second-order valence-corrected chi connectivity index (χ2v) is 11.1. The third kappa shape index (κ3) is 5.29. The first kappa shape index (κ1) is 29.0. The fourth-order valence-corrected chi connectivity index (χ4v) is 6.36. The van der Waals surface area contributed by atoms with Crippen LogP contribution < -0.4 is 21.4 Å². The Morgan fingerprint density at radius 2 is 1.17 bits per heavy atom. The first-order valence-corrected chi connectivity index (χ1v) is 14.7. The molecule has 0 saturated heterocycles. The minimum absolute atomic E-state index is 0.0384. The minimum Gasteiger partial charge on any atom is -0.481 e. The first-order valence-electron chi connectivity index (χ1n) is 14.7. The maximum atomic E-state index is 11.6. The zero-order valence-electron chi connectivity index (χ0n) is 25.3. The van der Waals surface area contributed by atoms with Crippen LogP contribution >= 0.6 is 0 Å². The van der Waals surface area contributed by atoms with Crippen molar-refractivity contribution in [1.29, 1.82) is 0 Å². The van der Waals surface area contributed by atoms with Gasteiger partial charge < -0.3 is 29.8 Å². The summed E-state index contributed by atoms with van der Waals surface area (Å²) in [4.78, 5) is 37.1. The largest absolute Gasteiger partial charge is 0.481 e. The highest BCUT2D eigenvalue weighted by atomic mass is 16.5. The van der Waals surface area contributed by atoms with Gasteiger partial charge in [-0.05, 0) is 116 Å². The van der Waals surface area contributed by atoms with Crippen molar-refractivity contribution in [2.24, 2.45) is 0 Å². The van der Waals surface area contributed by atoms with Crippen LogP contribution in [0.5, 0.6) is 0 Å². The van der Waals surface area contributed by atoms with E-state index in [1.165, 1.54) is 22.3 Å². The van der Waals surface area contributed by atoms with Crippen LogP contribution in [0.2, 0.25) is 0 Å². The Morgan fingerprint density at radius 3 is 1.76 bits per heavy atom. The van der Waals surface area contributed by atoms with Gasteiger partial charge in [-0.2, -0.15) is 0 Å². The van der Waals surface area contributed by atoms with E-state index in [1.807, 2.05) is 6.92 Å². The quantitative estimate of drug-likeness (QED) is 0.138. The molecule has 0 fully saturated rings. The van der Waals surface area contributed by atoms with Crippen molar-refractivity contribution in [2.75, 3.05) is 6.61 Å². The summed E-state index contributed by atoms with van der Waals surface area (Å²) in [6.07, 6.45) is 11.4. The van der Waals surface area contributed by atoms with Gasteiger partial charge in [-0.15, -0.1) is 0 Å². The van der Waals surface area contributed by atoms with Crippen molar-refractivity contribution in [3.05, 3.63) is 88.7 Å². The molecule has 0 unspecified atom stereocenters. The van der Waals surface area contributed by atoms with Crippen LogP contribution in [0, 0.1) is 27.7 Å². The topological polar surface area (TPSA) is 127 Å². The minimum atomic E-state index is -0.829. The van der Waals surface area contributed by atoms with E-state index >= 15 is 0 Å². The molecule has 4 aromatic heterocycles. The summed E-state index contributed by atoms with van der Waals surface area (Å²) in [5.74, 6) is -0.829. The Hall–Kier alpha value is -4.46. The van der Waals surface area contributed by atoms with Gasteiger partial charge in [0, 0.05) is 57.0 Å². The van der Waals surface area contributed by atoms with E-state index < -0.39 is 5.97 Å². The second-order valence-electron chi connectivity index (χ2n) is 11.1. The standard InChI is InChI=1S/C34H40N4O4/c1-7-22-18(3)26-13-27-21(6)25(11-12-42-17-39)33(37-27)16-32-24(9-10-34(40)41)20(5)29(38-32)15-31-23(8-2)19(4)28(36-31)14-30(22)35-26/h13-17,35-38H,7-12H2,1-6H3,(H,40,41). The Bertz CT molecular complexity index is 1930. The lowest BCUT2D eigenvalue weighted by molar-refractivity contribution is -0.137. The van der Waals surface area contributed by atoms with Crippen LogP contribution in [0.15, 0.2) is 0 Å². The Labute approximate surface area is 244 Å². The number of carboxylic acids is 1. The van der Waals surface area contributed by atoms with Gasteiger partial charge in [0.25, 0.3) is 6.47 Å². The lowest BCUT2D eigenvalue weighted by Gasteiger charge is -2.02. The van der Waals surface area contributed by atoms with Crippen LogP contribution in [0.3, 0.4) is 0 Å². The Morgan fingerprint density at radius 1 is 0.667 bits per heavy atom. The van der Waals surface area contributed by atoms with E-state index in [0.29, 0.717) is 19.3 Å². The third-order valence-electron chi connectivity index (χ3n) is 8.79. The predicted molar refractivity (Wildman–Crippen MR) is 165 cm³/mol. The first-order chi connectivity index (χ1) is 20.2. The zero-order chi connectivity index (χ0) is 30.1. The molecule has 1 aliphatic rings. The number of nitrogens with one attached hydrogen (secondary N) is 4. The number of ether oxygens (including phenoxy) is 1. The number of hydrogen-bond donors (Lipinski definition) is 5. The predicted octanol–water partition coefficient (Wildman–Crippen LogP) is 2.72. The molecule has 8 heteroatoms. The lowest BCUT2D eigenvalue weighted by atomic mass is 10.0. The summed E-state index contributed by atoms with van der Waals surface area (Å²) in [6.45, 7) is 13.6. The van der Waals surface area contributed by atoms with Crippen LogP contribution in [-0.2, 0) is 40.0 Å². The number of aromatic nitrogens is 4. The molecular formula is C34H40N4O4. The van der Waals surface area contributed by atoms with Gasteiger partial charge in [0.15, 0.2) is 0 Å². The molecule has 8 nitrogen and oxygen atoms in total. The number of carboxylic acid groups (broad SMARTS) is 1. The molecule has 1 aliphatic heterocycles. The van der Waals surface area contributed by atoms with Crippen molar-refractivity contribution in [3.63, 3.8) is 0 Å². The van der Waals surface area contributed by atoms with Crippen molar-refractivity contribution in [3.8, 4) is 0 Å². The monoisotopic (exact) mass is 568 g/mol. The molecule has 8 bridgehead atoms. The molecule has 0 radical (unpaired) electrons. The molecule has 4 aromatic rings.